The molecule has 1 aliphatic heterocycles. The molecule has 7 nitrogen and oxygen atoms in total. The predicted molar refractivity (Wildman–Crippen MR) is 64.9 cm³/mol. The molecule has 1 fully saturated rings. The largest absolute Gasteiger partial charge is 0.383 e. The molecule has 0 spiro atoms. The predicted octanol–water partition coefficient (Wildman–Crippen LogP) is -1.17. The smallest absolute Gasteiger partial charge is 0.256 e. The van der Waals surface area contributed by atoms with Crippen molar-refractivity contribution in [1.82, 2.24) is 20.6 Å². The highest BCUT2D eigenvalue weighted by molar-refractivity contribution is 5.97. The number of carbonyl (C=O) groups excluding carboxylic acids is 1. The number of hydrogen-bond acceptors (Lipinski definition) is 6. The number of anilines is 2. The van der Waals surface area contributed by atoms with Crippen LogP contribution in [0.5, 0.6) is 0 Å². The van der Waals surface area contributed by atoms with Gasteiger partial charge in [-0.05, 0) is 0 Å². The Balaban J connectivity index is 2.20. The van der Waals surface area contributed by atoms with Gasteiger partial charge in [-0.2, -0.15) is 4.98 Å². The summed E-state index contributed by atoms with van der Waals surface area (Å²) in [6, 6.07) is 0. The van der Waals surface area contributed by atoms with Gasteiger partial charge in [-0.15, -0.1) is 0 Å². The third-order valence-corrected chi connectivity index (χ3v) is 2.68. The topological polar surface area (TPSA) is 96.2 Å². The van der Waals surface area contributed by atoms with Crippen LogP contribution in [0.25, 0.3) is 0 Å². The molecule has 0 unspecified atom stereocenters. The van der Waals surface area contributed by atoms with Gasteiger partial charge in [0.2, 0.25) is 5.95 Å². The van der Waals surface area contributed by atoms with Gasteiger partial charge >= 0.3 is 0 Å². The van der Waals surface area contributed by atoms with E-state index < -0.39 is 0 Å². The third kappa shape index (κ3) is 2.44. The highest BCUT2D eigenvalue weighted by Gasteiger charge is 2.16. The molecule has 2 heterocycles. The van der Waals surface area contributed by atoms with Gasteiger partial charge in [-0.1, -0.05) is 0 Å². The number of nitrogens with one attached hydrogen (secondary N) is 2. The van der Waals surface area contributed by atoms with Gasteiger partial charge in [0.25, 0.3) is 5.91 Å². The van der Waals surface area contributed by atoms with Crippen LogP contribution in [0.1, 0.15) is 10.4 Å². The van der Waals surface area contributed by atoms with Crippen LogP contribution in [0, 0.1) is 0 Å². The zero-order valence-corrected chi connectivity index (χ0v) is 9.73. The second kappa shape index (κ2) is 4.96. The molecule has 1 saturated heterocycles. The van der Waals surface area contributed by atoms with Gasteiger partial charge < -0.3 is 21.3 Å². The summed E-state index contributed by atoms with van der Waals surface area (Å²) in [5.41, 5.74) is 6.06. The molecule has 0 atom stereocenters. The molecule has 7 heteroatoms. The number of hydrogen-bond donors (Lipinski definition) is 3. The van der Waals surface area contributed by atoms with Crippen LogP contribution < -0.4 is 21.3 Å². The lowest BCUT2D eigenvalue weighted by Gasteiger charge is -2.27. The van der Waals surface area contributed by atoms with Crippen molar-refractivity contribution in [2.75, 3.05) is 43.9 Å². The minimum atomic E-state index is -0.269. The minimum absolute atomic E-state index is 0.216. The molecular formula is C10H16N6O. The fourth-order valence-electron chi connectivity index (χ4n) is 1.71. The summed E-state index contributed by atoms with van der Waals surface area (Å²) in [7, 11) is 1.55. The van der Waals surface area contributed by atoms with Gasteiger partial charge in [-0.3, -0.25) is 4.79 Å². The van der Waals surface area contributed by atoms with Gasteiger partial charge in [-0.25, -0.2) is 4.98 Å². The normalized spacial score (nSPS) is 15.7. The van der Waals surface area contributed by atoms with Crippen LogP contribution in [0.15, 0.2) is 6.20 Å². The molecule has 0 radical (unpaired) electrons. The molecular weight excluding hydrogens is 220 g/mol. The van der Waals surface area contributed by atoms with E-state index in [-0.39, 0.29) is 11.7 Å². The molecule has 1 aliphatic rings. The Hall–Kier alpha value is -1.89. The molecule has 1 aromatic heterocycles. The van der Waals surface area contributed by atoms with Crippen molar-refractivity contribution in [3.63, 3.8) is 0 Å². The molecule has 0 aliphatic carbocycles. The quantitative estimate of drug-likeness (QED) is 0.598. The van der Waals surface area contributed by atoms with Crippen molar-refractivity contribution in [2.45, 2.75) is 0 Å². The van der Waals surface area contributed by atoms with Crippen LogP contribution in [-0.4, -0.2) is 49.1 Å². The summed E-state index contributed by atoms with van der Waals surface area (Å²) in [5.74, 6) is 0.527. The van der Waals surface area contributed by atoms with Gasteiger partial charge in [0.1, 0.15) is 5.82 Å². The summed E-state index contributed by atoms with van der Waals surface area (Å²) in [6.45, 7) is 3.50. The highest BCUT2D eigenvalue weighted by atomic mass is 16.1. The number of amides is 1. The fraction of sp³-hybridized carbons (Fsp3) is 0.500. The van der Waals surface area contributed by atoms with Crippen molar-refractivity contribution in [2.24, 2.45) is 0 Å². The average molecular weight is 236 g/mol. The van der Waals surface area contributed by atoms with Crippen LogP contribution in [0.3, 0.4) is 0 Å². The number of rotatable bonds is 2. The molecule has 1 aromatic rings. The fourth-order valence-corrected chi connectivity index (χ4v) is 1.71. The summed E-state index contributed by atoms with van der Waals surface area (Å²) in [6.07, 6.45) is 1.47. The van der Waals surface area contributed by atoms with E-state index in [0.29, 0.717) is 11.5 Å². The molecule has 92 valence electrons. The zero-order chi connectivity index (χ0) is 12.3. The van der Waals surface area contributed by atoms with Crippen molar-refractivity contribution in [3.05, 3.63) is 11.8 Å². The van der Waals surface area contributed by atoms with E-state index in [9.17, 15) is 4.79 Å². The maximum Gasteiger partial charge on any atom is 0.256 e. The summed E-state index contributed by atoms with van der Waals surface area (Å²) in [4.78, 5) is 21.8. The first-order valence-electron chi connectivity index (χ1n) is 5.52. The first-order valence-corrected chi connectivity index (χ1v) is 5.52. The number of carbonyl (C=O) groups is 1. The highest BCUT2D eigenvalue weighted by Crippen LogP contribution is 2.13. The Labute approximate surface area is 99.4 Å². The third-order valence-electron chi connectivity index (χ3n) is 2.68. The molecule has 2 rings (SSSR count). The van der Waals surface area contributed by atoms with Crippen molar-refractivity contribution in [3.8, 4) is 0 Å². The van der Waals surface area contributed by atoms with E-state index in [4.69, 9.17) is 5.73 Å². The second-order valence-electron chi connectivity index (χ2n) is 3.79. The Morgan fingerprint density at radius 1 is 1.53 bits per heavy atom. The van der Waals surface area contributed by atoms with Gasteiger partial charge in [0.15, 0.2) is 0 Å². The average Bonchev–Trinajstić information content (AvgIpc) is 2.39. The molecule has 0 bridgehead atoms. The summed E-state index contributed by atoms with van der Waals surface area (Å²) >= 11 is 0. The minimum Gasteiger partial charge on any atom is -0.383 e. The maximum atomic E-state index is 11.4. The van der Waals surface area contributed by atoms with Gasteiger partial charge in [0, 0.05) is 39.4 Å². The number of aromatic nitrogens is 2. The first kappa shape index (κ1) is 11.6. The Morgan fingerprint density at radius 3 is 2.82 bits per heavy atom. The lowest BCUT2D eigenvalue weighted by atomic mass is 10.3. The number of nitrogens with zero attached hydrogens (tertiary/aromatic N) is 3. The number of nitrogen functional groups attached to an aromatic ring is 1. The standard InChI is InChI=1S/C10H16N6O/c1-12-9(17)7-6-14-10(15-8(7)11)16-4-2-13-3-5-16/h6,13H,2-5H2,1H3,(H,12,17)(H2,11,14,15). The Bertz CT molecular complexity index is 415. The van der Waals surface area contributed by atoms with Crippen molar-refractivity contribution in [1.29, 1.82) is 0 Å². The van der Waals surface area contributed by atoms with E-state index in [2.05, 4.69) is 20.6 Å². The van der Waals surface area contributed by atoms with E-state index in [1.54, 1.807) is 7.05 Å². The van der Waals surface area contributed by atoms with E-state index in [0.717, 1.165) is 26.2 Å². The van der Waals surface area contributed by atoms with Crippen LogP contribution in [-0.2, 0) is 0 Å². The van der Waals surface area contributed by atoms with Crippen molar-refractivity contribution >= 4 is 17.7 Å². The zero-order valence-electron chi connectivity index (χ0n) is 9.73. The van der Waals surface area contributed by atoms with Gasteiger partial charge in [0.05, 0.1) is 5.56 Å². The lowest BCUT2D eigenvalue weighted by molar-refractivity contribution is 0.0963. The van der Waals surface area contributed by atoms with Crippen LogP contribution in [0.4, 0.5) is 11.8 Å². The van der Waals surface area contributed by atoms with E-state index in [1.165, 1.54) is 6.20 Å². The molecule has 0 saturated carbocycles. The number of piperazine rings is 1. The lowest BCUT2D eigenvalue weighted by Crippen LogP contribution is -2.44. The monoisotopic (exact) mass is 236 g/mol. The summed E-state index contributed by atoms with van der Waals surface area (Å²) < 4.78 is 0. The first-order chi connectivity index (χ1) is 8.22. The van der Waals surface area contributed by atoms with Crippen molar-refractivity contribution < 1.29 is 4.79 Å². The summed E-state index contributed by atoms with van der Waals surface area (Å²) in [5, 5.41) is 5.74. The Kier molecular flexibility index (Phi) is 3.38. The molecule has 17 heavy (non-hydrogen) atoms. The molecule has 0 aromatic carbocycles. The molecule has 4 N–H and O–H groups in total. The van der Waals surface area contributed by atoms with Crippen LogP contribution in [0.2, 0.25) is 0 Å². The number of nitrogens with two attached hydrogens (primary N) is 1. The Morgan fingerprint density at radius 2 is 2.24 bits per heavy atom. The molecule has 1 amide bonds. The second-order valence-corrected chi connectivity index (χ2v) is 3.79. The SMILES string of the molecule is CNC(=O)c1cnc(N2CCNCC2)nc1N. The maximum absolute atomic E-state index is 11.4. The van der Waals surface area contributed by atoms with E-state index >= 15 is 0 Å². The van der Waals surface area contributed by atoms with E-state index in [1.807, 2.05) is 4.90 Å². The van der Waals surface area contributed by atoms with Crippen LogP contribution >= 0.6 is 0 Å².